The topological polar surface area (TPSA) is 72.0 Å². The Morgan fingerprint density at radius 3 is 2.74 bits per heavy atom. The lowest BCUT2D eigenvalue weighted by atomic mass is 10.1. The zero-order valence-corrected chi connectivity index (χ0v) is 10.4. The summed E-state index contributed by atoms with van der Waals surface area (Å²) in [6.07, 6.45) is 0. The lowest BCUT2D eigenvalue weighted by Crippen LogP contribution is -2.20. The highest BCUT2D eigenvalue weighted by Crippen LogP contribution is 2.19. The quantitative estimate of drug-likeness (QED) is 0.836. The first-order valence-corrected chi connectivity index (χ1v) is 5.47. The fraction of sp³-hybridized carbons (Fsp3) is 0.154. The van der Waals surface area contributed by atoms with Crippen LogP contribution in [0.1, 0.15) is 15.9 Å². The van der Waals surface area contributed by atoms with E-state index in [0.29, 0.717) is 16.8 Å². The molecule has 6 heteroatoms. The van der Waals surface area contributed by atoms with Crippen LogP contribution in [-0.4, -0.2) is 23.3 Å². The van der Waals surface area contributed by atoms with Crippen molar-refractivity contribution in [3.8, 4) is 11.3 Å². The number of carbonyl (C=O) groups is 1. The van der Waals surface area contributed by atoms with E-state index in [9.17, 15) is 14.0 Å². The van der Waals surface area contributed by atoms with E-state index in [4.69, 9.17) is 0 Å². The van der Waals surface area contributed by atoms with E-state index in [-0.39, 0.29) is 11.4 Å². The van der Waals surface area contributed by atoms with Gasteiger partial charge in [-0.25, -0.2) is 14.3 Å². The van der Waals surface area contributed by atoms with Crippen molar-refractivity contribution >= 4 is 5.97 Å². The number of halogens is 1. The van der Waals surface area contributed by atoms with Gasteiger partial charge in [0.05, 0.1) is 12.8 Å². The molecule has 0 aliphatic carbocycles. The van der Waals surface area contributed by atoms with Crippen LogP contribution in [0.5, 0.6) is 0 Å². The van der Waals surface area contributed by atoms with Crippen LogP contribution in [0.15, 0.2) is 29.1 Å². The number of nitrogens with one attached hydrogen (secondary N) is 1. The minimum Gasteiger partial charge on any atom is -0.465 e. The molecule has 2 rings (SSSR count). The molecule has 1 aromatic carbocycles. The smallest absolute Gasteiger partial charge is 0.343 e. The third-order valence-corrected chi connectivity index (χ3v) is 2.68. The molecule has 98 valence electrons. The van der Waals surface area contributed by atoms with Crippen molar-refractivity contribution in [2.75, 3.05) is 7.11 Å². The maximum Gasteiger partial charge on any atom is 0.343 e. The van der Waals surface area contributed by atoms with Crippen LogP contribution >= 0.6 is 0 Å². The molecule has 0 aliphatic rings. The summed E-state index contributed by atoms with van der Waals surface area (Å²) in [6, 6.07) is 5.81. The maximum atomic E-state index is 13.5. The monoisotopic (exact) mass is 262 g/mol. The Balaban J connectivity index is 2.54. The zero-order chi connectivity index (χ0) is 14.0. The molecular formula is C13H11FN2O3. The van der Waals surface area contributed by atoms with E-state index in [1.54, 1.807) is 19.1 Å². The predicted octanol–water partition coefficient (Wildman–Crippen LogP) is 1.67. The van der Waals surface area contributed by atoms with Gasteiger partial charge >= 0.3 is 5.97 Å². The molecule has 0 bridgehead atoms. The van der Waals surface area contributed by atoms with Gasteiger partial charge in [-0.15, -0.1) is 0 Å². The number of hydrogen-bond acceptors (Lipinski definition) is 4. The minimum absolute atomic E-state index is 0.173. The SMILES string of the molecule is COC(=O)c1cc(-c2ccc(C)c(F)c2)n[nH]c1=O. The van der Waals surface area contributed by atoms with E-state index in [1.807, 2.05) is 0 Å². The van der Waals surface area contributed by atoms with Crippen molar-refractivity contribution in [3.63, 3.8) is 0 Å². The molecule has 0 spiro atoms. The number of aryl methyl sites for hydroxylation is 1. The third-order valence-electron chi connectivity index (χ3n) is 2.68. The molecule has 0 atom stereocenters. The van der Waals surface area contributed by atoms with Gasteiger partial charge in [0, 0.05) is 5.56 Å². The van der Waals surface area contributed by atoms with Crippen LogP contribution in [0.4, 0.5) is 4.39 Å². The summed E-state index contributed by atoms with van der Waals surface area (Å²) < 4.78 is 18.0. The minimum atomic E-state index is -0.766. The fourth-order valence-electron chi connectivity index (χ4n) is 1.57. The van der Waals surface area contributed by atoms with Crippen LogP contribution in [0.3, 0.4) is 0 Å². The molecule has 1 aromatic heterocycles. The molecule has 2 aromatic rings. The number of esters is 1. The average molecular weight is 262 g/mol. The first kappa shape index (κ1) is 12.9. The number of aromatic amines is 1. The summed E-state index contributed by atoms with van der Waals surface area (Å²) in [5.74, 6) is -1.15. The van der Waals surface area contributed by atoms with Crippen LogP contribution in [0.2, 0.25) is 0 Å². The van der Waals surface area contributed by atoms with Gasteiger partial charge in [-0.05, 0) is 24.6 Å². The molecule has 0 radical (unpaired) electrons. The van der Waals surface area contributed by atoms with E-state index in [2.05, 4.69) is 14.9 Å². The Morgan fingerprint density at radius 2 is 2.11 bits per heavy atom. The second-order valence-corrected chi connectivity index (χ2v) is 3.95. The van der Waals surface area contributed by atoms with E-state index < -0.39 is 11.5 Å². The molecule has 19 heavy (non-hydrogen) atoms. The van der Waals surface area contributed by atoms with Crippen LogP contribution in [-0.2, 0) is 4.74 Å². The number of nitrogens with zero attached hydrogens (tertiary/aromatic N) is 1. The number of aromatic nitrogens is 2. The number of hydrogen-bond donors (Lipinski definition) is 1. The van der Waals surface area contributed by atoms with Crippen molar-refractivity contribution in [2.24, 2.45) is 0 Å². The van der Waals surface area contributed by atoms with Crippen LogP contribution in [0, 0.1) is 12.7 Å². The average Bonchev–Trinajstić information content (AvgIpc) is 2.41. The number of H-pyrrole nitrogens is 1. The number of methoxy groups -OCH3 is 1. The van der Waals surface area contributed by atoms with Crippen molar-refractivity contribution in [2.45, 2.75) is 6.92 Å². The van der Waals surface area contributed by atoms with Crippen LogP contribution < -0.4 is 5.56 Å². The van der Waals surface area contributed by atoms with Gasteiger partial charge in [0.2, 0.25) is 0 Å². The molecule has 1 heterocycles. The first-order valence-electron chi connectivity index (χ1n) is 5.47. The van der Waals surface area contributed by atoms with Gasteiger partial charge in [0.1, 0.15) is 11.4 Å². The highest BCUT2D eigenvalue weighted by atomic mass is 19.1. The Labute approximate surface area is 108 Å². The Kier molecular flexibility index (Phi) is 3.41. The molecule has 0 aliphatic heterocycles. The summed E-state index contributed by atoms with van der Waals surface area (Å²) in [5.41, 5.74) is 0.432. The maximum absolute atomic E-state index is 13.5. The summed E-state index contributed by atoms with van der Waals surface area (Å²) in [7, 11) is 1.17. The fourth-order valence-corrected chi connectivity index (χ4v) is 1.57. The highest BCUT2D eigenvalue weighted by Gasteiger charge is 2.13. The predicted molar refractivity (Wildman–Crippen MR) is 66.3 cm³/mol. The standard InChI is InChI=1S/C13H11FN2O3/c1-7-3-4-8(5-10(7)14)11-6-9(13(18)19-2)12(17)16-15-11/h3-6H,1-2H3,(H,16,17). The Bertz CT molecular complexity index is 695. The second-order valence-electron chi connectivity index (χ2n) is 3.95. The van der Waals surface area contributed by atoms with Gasteiger partial charge in [0.15, 0.2) is 0 Å². The molecule has 0 saturated carbocycles. The molecule has 0 fully saturated rings. The number of rotatable bonds is 2. The van der Waals surface area contributed by atoms with Gasteiger partial charge < -0.3 is 4.74 Å². The highest BCUT2D eigenvalue weighted by molar-refractivity contribution is 5.89. The van der Waals surface area contributed by atoms with Crippen molar-refractivity contribution < 1.29 is 13.9 Å². The first-order chi connectivity index (χ1) is 9.02. The Hall–Kier alpha value is -2.50. The normalized spacial score (nSPS) is 10.3. The number of benzene rings is 1. The molecule has 1 N–H and O–H groups in total. The molecular weight excluding hydrogens is 251 g/mol. The van der Waals surface area contributed by atoms with Crippen molar-refractivity contribution in [1.82, 2.24) is 10.2 Å². The molecule has 5 nitrogen and oxygen atoms in total. The van der Waals surface area contributed by atoms with E-state index in [1.165, 1.54) is 19.2 Å². The van der Waals surface area contributed by atoms with Crippen LogP contribution in [0.25, 0.3) is 11.3 Å². The summed E-state index contributed by atoms with van der Waals surface area (Å²) in [5, 5.41) is 5.97. The third kappa shape index (κ3) is 2.52. The van der Waals surface area contributed by atoms with Crippen molar-refractivity contribution in [3.05, 3.63) is 51.6 Å². The van der Waals surface area contributed by atoms with Gasteiger partial charge in [-0.3, -0.25) is 4.79 Å². The molecule has 0 saturated heterocycles. The van der Waals surface area contributed by atoms with Crippen molar-refractivity contribution in [1.29, 1.82) is 0 Å². The number of ether oxygens (including phenoxy) is 1. The molecule has 0 amide bonds. The summed E-state index contributed by atoms with van der Waals surface area (Å²) in [4.78, 5) is 22.8. The largest absolute Gasteiger partial charge is 0.465 e. The summed E-state index contributed by atoms with van der Waals surface area (Å²) in [6.45, 7) is 1.64. The molecule has 0 unspecified atom stereocenters. The van der Waals surface area contributed by atoms with Gasteiger partial charge in [-0.1, -0.05) is 12.1 Å². The number of carbonyl (C=O) groups excluding carboxylic acids is 1. The lowest BCUT2D eigenvalue weighted by Gasteiger charge is -2.04. The van der Waals surface area contributed by atoms with E-state index >= 15 is 0 Å². The Morgan fingerprint density at radius 1 is 1.37 bits per heavy atom. The second kappa shape index (κ2) is 5.01. The van der Waals surface area contributed by atoms with Gasteiger partial charge in [0.25, 0.3) is 5.56 Å². The van der Waals surface area contributed by atoms with Gasteiger partial charge in [-0.2, -0.15) is 5.10 Å². The summed E-state index contributed by atoms with van der Waals surface area (Å²) >= 11 is 0. The van der Waals surface area contributed by atoms with E-state index in [0.717, 1.165) is 0 Å². The zero-order valence-electron chi connectivity index (χ0n) is 10.4. The lowest BCUT2D eigenvalue weighted by molar-refractivity contribution is 0.0598.